The molecule has 0 saturated carbocycles. The third-order valence-corrected chi connectivity index (χ3v) is 7.26. The minimum Gasteiger partial charge on any atom is -0.323 e. The molecule has 6 nitrogen and oxygen atoms in total. The summed E-state index contributed by atoms with van der Waals surface area (Å²) in [5, 5.41) is 3.46. The topological polar surface area (TPSA) is 79.4 Å². The molecule has 0 bridgehead atoms. The third kappa shape index (κ3) is 4.46. The quantitative estimate of drug-likeness (QED) is 0.618. The molecule has 146 valence electrons. The van der Waals surface area contributed by atoms with Crippen molar-refractivity contribution in [2.24, 2.45) is 0 Å². The van der Waals surface area contributed by atoms with Crippen LogP contribution in [-0.4, -0.2) is 36.7 Å². The summed E-state index contributed by atoms with van der Waals surface area (Å²) in [6.07, 6.45) is 3.07. The summed E-state index contributed by atoms with van der Waals surface area (Å²) in [7, 11) is -2.00. The van der Waals surface area contributed by atoms with E-state index in [0.717, 1.165) is 15.2 Å². The Labute approximate surface area is 168 Å². The van der Waals surface area contributed by atoms with E-state index in [1.54, 1.807) is 25.3 Å². The van der Waals surface area contributed by atoms with E-state index >= 15 is 0 Å². The summed E-state index contributed by atoms with van der Waals surface area (Å²) < 4.78 is 27.3. The van der Waals surface area contributed by atoms with Crippen molar-refractivity contribution in [1.29, 1.82) is 0 Å². The molecule has 1 heterocycles. The minimum atomic E-state index is -3.54. The minimum absolute atomic E-state index is 0.142. The van der Waals surface area contributed by atoms with Crippen LogP contribution < -0.4 is 5.32 Å². The molecule has 1 aromatic heterocycles. The van der Waals surface area contributed by atoms with Crippen LogP contribution in [0.4, 0.5) is 5.69 Å². The lowest BCUT2D eigenvalue weighted by molar-refractivity contribution is -0.111. The Balaban J connectivity index is 1.67. The van der Waals surface area contributed by atoms with E-state index in [4.69, 9.17) is 0 Å². The number of hydrogen-bond acceptors (Lipinski definition) is 5. The molecule has 1 N–H and O–H groups in total. The maximum atomic E-state index is 12.5. The van der Waals surface area contributed by atoms with Gasteiger partial charge in [0.15, 0.2) is 0 Å². The van der Waals surface area contributed by atoms with Crippen molar-refractivity contribution < 1.29 is 13.2 Å². The first kappa shape index (κ1) is 20.2. The number of carbonyl (C=O) groups is 1. The fourth-order valence-electron chi connectivity index (χ4n) is 2.45. The van der Waals surface area contributed by atoms with E-state index < -0.39 is 10.0 Å². The lowest BCUT2D eigenvalue weighted by Crippen LogP contribution is -2.33. The highest BCUT2D eigenvalue weighted by atomic mass is 32.2. The summed E-state index contributed by atoms with van der Waals surface area (Å²) >= 11 is 1.51. The van der Waals surface area contributed by atoms with Gasteiger partial charge in [-0.15, -0.1) is 11.3 Å². The number of rotatable bonds is 6. The largest absolute Gasteiger partial charge is 0.323 e. The monoisotopic (exact) mass is 415 g/mol. The van der Waals surface area contributed by atoms with Gasteiger partial charge in [-0.05, 0) is 56.3 Å². The van der Waals surface area contributed by atoms with Crippen molar-refractivity contribution in [2.75, 3.05) is 12.4 Å². The summed E-state index contributed by atoms with van der Waals surface area (Å²) in [5.74, 6) is -0.311. The smallest absolute Gasteiger partial charge is 0.248 e. The van der Waals surface area contributed by atoms with Crippen LogP contribution in [0.3, 0.4) is 0 Å². The maximum Gasteiger partial charge on any atom is 0.248 e. The van der Waals surface area contributed by atoms with Gasteiger partial charge in [0.1, 0.15) is 5.01 Å². The molecule has 1 amide bonds. The zero-order valence-corrected chi connectivity index (χ0v) is 17.4. The van der Waals surface area contributed by atoms with Crippen LogP contribution in [0.2, 0.25) is 0 Å². The van der Waals surface area contributed by atoms with Gasteiger partial charge in [0.2, 0.25) is 15.9 Å². The van der Waals surface area contributed by atoms with E-state index in [1.165, 1.54) is 33.9 Å². The SMILES string of the molecule is CC(C)N(C)S(=O)(=O)c1ccc(NC(=O)/C=C/c2nc3ccccc3s2)cc1. The number of benzene rings is 2. The molecular weight excluding hydrogens is 394 g/mol. The number of aromatic nitrogens is 1. The summed E-state index contributed by atoms with van der Waals surface area (Å²) in [5.41, 5.74) is 1.42. The van der Waals surface area contributed by atoms with Gasteiger partial charge in [-0.25, -0.2) is 13.4 Å². The van der Waals surface area contributed by atoms with Crippen LogP contribution >= 0.6 is 11.3 Å². The number of nitrogens with one attached hydrogen (secondary N) is 1. The molecule has 3 aromatic rings. The standard InChI is InChI=1S/C20H21N3O3S2/c1-14(2)23(3)28(25,26)16-10-8-15(9-11-16)21-19(24)12-13-20-22-17-6-4-5-7-18(17)27-20/h4-14H,1-3H3,(H,21,24)/b13-12+. The van der Waals surface area contributed by atoms with Gasteiger partial charge in [-0.3, -0.25) is 4.79 Å². The average molecular weight is 416 g/mol. The normalized spacial score (nSPS) is 12.3. The maximum absolute atomic E-state index is 12.5. The molecule has 8 heteroatoms. The van der Waals surface area contributed by atoms with Crippen LogP contribution in [0.25, 0.3) is 16.3 Å². The van der Waals surface area contributed by atoms with E-state index in [0.29, 0.717) is 5.69 Å². The number of hydrogen-bond donors (Lipinski definition) is 1. The Morgan fingerprint density at radius 1 is 1.14 bits per heavy atom. The molecule has 0 aliphatic rings. The number of amides is 1. The molecule has 0 spiro atoms. The third-order valence-electron chi connectivity index (χ3n) is 4.21. The predicted octanol–water partition coefficient (Wildman–Crippen LogP) is 3.98. The highest BCUT2D eigenvalue weighted by Crippen LogP contribution is 2.22. The molecular formula is C20H21N3O3S2. The first-order valence-corrected chi connectivity index (χ1v) is 11.0. The van der Waals surface area contributed by atoms with Crippen molar-refractivity contribution in [3.05, 3.63) is 59.6 Å². The van der Waals surface area contributed by atoms with Gasteiger partial charge in [0.25, 0.3) is 0 Å². The molecule has 2 aromatic carbocycles. The van der Waals surface area contributed by atoms with Gasteiger partial charge in [0.05, 0.1) is 15.1 Å². The number of para-hydroxylation sites is 1. The van der Waals surface area contributed by atoms with Gasteiger partial charge >= 0.3 is 0 Å². The zero-order chi connectivity index (χ0) is 20.3. The van der Waals surface area contributed by atoms with Crippen LogP contribution in [0.5, 0.6) is 0 Å². The van der Waals surface area contributed by atoms with E-state index in [1.807, 2.05) is 38.1 Å². The molecule has 0 aliphatic heterocycles. The predicted molar refractivity (Wildman–Crippen MR) is 114 cm³/mol. The Kier molecular flexibility index (Phi) is 5.93. The highest BCUT2D eigenvalue weighted by Gasteiger charge is 2.22. The molecule has 0 atom stereocenters. The molecule has 0 radical (unpaired) electrons. The molecule has 0 aliphatic carbocycles. The number of nitrogens with zero attached hydrogens (tertiary/aromatic N) is 2. The molecule has 0 saturated heterocycles. The Morgan fingerprint density at radius 2 is 1.82 bits per heavy atom. The van der Waals surface area contributed by atoms with E-state index in [-0.39, 0.29) is 16.8 Å². The van der Waals surface area contributed by atoms with Gasteiger partial charge < -0.3 is 5.32 Å². The summed E-state index contributed by atoms with van der Waals surface area (Å²) in [4.78, 5) is 16.8. The van der Waals surface area contributed by atoms with Crippen LogP contribution in [0.1, 0.15) is 18.9 Å². The van der Waals surface area contributed by atoms with Crippen LogP contribution in [0, 0.1) is 0 Å². The van der Waals surface area contributed by atoms with Crippen LogP contribution in [-0.2, 0) is 14.8 Å². The fraction of sp³-hybridized carbons (Fsp3) is 0.200. The number of carbonyl (C=O) groups excluding carboxylic acids is 1. The molecule has 0 unspecified atom stereocenters. The van der Waals surface area contributed by atoms with Crippen LogP contribution in [0.15, 0.2) is 59.5 Å². The van der Waals surface area contributed by atoms with Crippen molar-refractivity contribution >= 4 is 49.2 Å². The van der Waals surface area contributed by atoms with Crippen molar-refractivity contribution in [3.63, 3.8) is 0 Å². The van der Waals surface area contributed by atoms with E-state index in [2.05, 4.69) is 10.3 Å². The molecule has 0 fully saturated rings. The lowest BCUT2D eigenvalue weighted by Gasteiger charge is -2.21. The second kappa shape index (κ2) is 8.22. The van der Waals surface area contributed by atoms with Crippen molar-refractivity contribution in [2.45, 2.75) is 24.8 Å². The number of thiazole rings is 1. The number of anilines is 1. The highest BCUT2D eigenvalue weighted by molar-refractivity contribution is 7.89. The average Bonchev–Trinajstić information content (AvgIpc) is 3.09. The van der Waals surface area contributed by atoms with Crippen molar-refractivity contribution in [1.82, 2.24) is 9.29 Å². The summed E-state index contributed by atoms with van der Waals surface area (Å²) in [6.45, 7) is 3.62. The van der Waals surface area contributed by atoms with Gasteiger partial charge in [-0.1, -0.05) is 12.1 Å². The Bertz CT molecular complexity index is 1080. The molecule has 3 rings (SSSR count). The second-order valence-electron chi connectivity index (χ2n) is 6.48. The fourth-order valence-corrected chi connectivity index (χ4v) is 4.68. The lowest BCUT2D eigenvalue weighted by atomic mass is 10.3. The van der Waals surface area contributed by atoms with Crippen molar-refractivity contribution in [3.8, 4) is 0 Å². The van der Waals surface area contributed by atoms with E-state index in [9.17, 15) is 13.2 Å². The Hall–Kier alpha value is -2.55. The first-order chi connectivity index (χ1) is 13.3. The Morgan fingerprint density at radius 3 is 2.46 bits per heavy atom. The van der Waals surface area contributed by atoms with Gasteiger partial charge in [0, 0.05) is 24.9 Å². The zero-order valence-electron chi connectivity index (χ0n) is 15.8. The van der Waals surface area contributed by atoms with Gasteiger partial charge in [-0.2, -0.15) is 4.31 Å². The summed E-state index contributed by atoms with van der Waals surface area (Å²) in [6, 6.07) is 13.8. The molecule has 28 heavy (non-hydrogen) atoms. The first-order valence-electron chi connectivity index (χ1n) is 8.70. The second-order valence-corrected chi connectivity index (χ2v) is 9.54. The number of sulfonamides is 1. The number of fused-ring (bicyclic) bond motifs is 1.